The SMILES string of the molecule is CC(=O)OC[C@H]1O[C@H](OCCCCCC[N+](C)(C)C)[C@H](OC(C)=O)[C@@H](OC(C)=O)[C@@H]1OC(C)=O. The first-order valence-corrected chi connectivity index (χ1v) is 11.5. The van der Waals surface area contributed by atoms with E-state index in [4.69, 9.17) is 28.4 Å². The van der Waals surface area contributed by atoms with E-state index in [-0.39, 0.29) is 6.61 Å². The van der Waals surface area contributed by atoms with Crippen molar-refractivity contribution in [3.63, 3.8) is 0 Å². The Morgan fingerprint density at radius 3 is 1.76 bits per heavy atom. The summed E-state index contributed by atoms with van der Waals surface area (Å²) in [7, 11) is 6.44. The minimum absolute atomic E-state index is 0.275. The van der Waals surface area contributed by atoms with Crippen LogP contribution in [0.4, 0.5) is 0 Å². The largest absolute Gasteiger partial charge is 0.463 e. The minimum Gasteiger partial charge on any atom is -0.463 e. The highest BCUT2D eigenvalue weighted by Gasteiger charge is 2.52. The number of esters is 4. The van der Waals surface area contributed by atoms with Crippen molar-refractivity contribution in [3.8, 4) is 0 Å². The van der Waals surface area contributed by atoms with Crippen molar-refractivity contribution >= 4 is 23.9 Å². The molecule has 11 heteroatoms. The number of ether oxygens (including phenoxy) is 6. The molecule has 196 valence electrons. The molecule has 0 N–H and O–H groups in total. The highest BCUT2D eigenvalue weighted by molar-refractivity contribution is 5.68. The van der Waals surface area contributed by atoms with E-state index in [2.05, 4.69) is 21.1 Å². The Morgan fingerprint density at radius 2 is 1.24 bits per heavy atom. The maximum absolute atomic E-state index is 11.8. The van der Waals surface area contributed by atoms with Gasteiger partial charge in [0.15, 0.2) is 24.6 Å². The molecule has 0 saturated carbocycles. The summed E-state index contributed by atoms with van der Waals surface area (Å²) in [6.45, 7) is 5.87. The average molecular weight is 491 g/mol. The van der Waals surface area contributed by atoms with Gasteiger partial charge in [0.2, 0.25) is 0 Å². The lowest BCUT2D eigenvalue weighted by molar-refractivity contribution is -0.870. The van der Waals surface area contributed by atoms with Gasteiger partial charge in [-0.3, -0.25) is 19.2 Å². The van der Waals surface area contributed by atoms with Gasteiger partial charge in [0.1, 0.15) is 12.7 Å². The third-order valence-electron chi connectivity index (χ3n) is 4.95. The fourth-order valence-electron chi connectivity index (χ4n) is 3.56. The quantitative estimate of drug-likeness (QED) is 0.162. The zero-order valence-electron chi connectivity index (χ0n) is 21.4. The van der Waals surface area contributed by atoms with Crippen LogP contribution in [0.25, 0.3) is 0 Å². The molecule has 0 aromatic carbocycles. The molecule has 0 aliphatic carbocycles. The molecule has 1 rings (SSSR count). The van der Waals surface area contributed by atoms with Gasteiger partial charge in [0.25, 0.3) is 0 Å². The lowest BCUT2D eigenvalue weighted by Gasteiger charge is -2.44. The van der Waals surface area contributed by atoms with E-state index in [9.17, 15) is 19.2 Å². The number of hydrogen-bond acceptors (Lipinski definition) is 10. The number of quaternary nitrogens is 1. The summed E-state index contributed by atoms with van der Waals surface area (Å²) >= 11 is 0. The third kappa shape index (κ3) is 11.8. The molecule has 1 aliphatic rings. The third-order valence-corrected chi connectivity index (χ3v) is 4.95. The fourth-order valence-corrected chi connectivity index (χ4v) is 3.56. The van der Waals surface area contributed by atoms with Crippen LogP contribution in [0.15, 0.2) is 0 Å². The molecule has 5 atom stereocenters. The molecule has 0 radical (unpaired) electrons. The Bertz CT molecular complexity index is 690. The molecule has 0 aromatic rings. The molecule has 0 spiro atoms. The van der Waals surface area contributed by atoms with Crippen molar-refractivity contribution in [3.05, 3.63) is 0 Å². The maximum atomic E-state index is 11.8. The van der Waals surface area contributed by atoms with Crippen LogP contribution in [0.3, 0.4) is 0 Å². The molecule has 0 amide bonds. The Hall–Kier alpha value is -2.24. The monoisotopic (exact) mass is 490 g/mol. The van der Waals surface area contributed by atoms with Crippen LogP contribution in [-0.2, 0) is 47.6 Å². The Balaban J connectivity index is 2.95. The molecular weight excluding hydrogens is 450 g/mol. The summed E-state index contributed by atoms with van der Waals surface area (Å²) in [5.41, 5.74) is 0. The van der Waals surface area contributed by atoms with E-state index < -0.39 is 54.6 Å². The van der Waals surface area contributed by atoms with Crippen LogP contribution < -0.4 is 0 Å². The van der Waals surface area contributed by atoms with Gasteiger partial charge in [0.05, 0.1) is 27.7 Å². The highest BCUT2D eigenvalue weighted by Crippen LogP contribution is 2.30. The lowest BCUT2D eigenvalue weighted by atomic mass is 9.98. The van der Waals surface area contributed by atoms with Gasteiger partial charge in [-0.05, 0) is 19.3 Å². The lowest BCUT2D eigenvalue weighted by Crippen LogP contribution is -2.63. The first kappa shape index (κ1) is 29.8. The molecule has 1 aliphatic heterocycles. The topological polar surface area (TPSA) is 124 Å². The Morgan fingerprint density at radius 1 is 0.706 bits per heavy atom. The number of nitrogens with zero attached hydrogens (tertiary/aromatic N) is 1. The minimum atomic E-state index is -1.21. The van der Waals surface area contributed by atoms with Crippen molar-refractivity contribution in [1.82, 2.24) is 0 Å². The fraction of sp³-hybridized carbons (Fsp3) is 0.826. The maximum Gasteiger partial charge on any atom is 0.303 e. The van der Waals surface area contributed by atoms with Crippen LogP contribution in [-0.4, -0.2) is 100.0 Å². The van der Waals surface area contributed by atoms with E-state index in [0.29, 0.717) is 6.61 Å². The van der Waals surface area contributed by atoms with Gasteiger partial charge >= 0.3 is 23.9 Å². The Labute approximate surface area is 201 Å². The smallest absolute Gasteiger partial charge is 0.303 e. The standard InChI is InChI=1S/C23H40NO10/c1-15(25)30-14-19-20(31-16(2)26)21(32-17(3)27)22(33-18(4)28)23(34-19)29-13-11-9-8-10-12-24(5,6)7/h19-23H,8-14H2,1-7H3/q+1/t19-,20-,21+,22-,23+/m1/s1. The molecule has 11 nitrogen and oxygen atoms in total. The van der Waals surface area contributed by atoms with Gasteiger partial charge in [0, 0.05) is 34.3 Å². The average Bonchev–Trinajstić information content (AvgIpc) is 2.68. The molecule has 1 saturated heterocycles. The highest BCUT2D eigenvalue weighted by atomic mass is 16.7. The van der Waals surface area contributed by atoms with Crippen molar-refractivity contribution in [2.75, 3.05) is 40.9 Å². The van der Waals surface area contributed by atoms with Crippen molar-refractivity contribution < 1.29 is 52.1 Å². The molecular formula is C23H40NO10+. The molecule has 0 aromatic heterocycles. The number of rotatable bonds is 13. The van der Waals surface area contributed by atoms with Crippen LogP contribution in [0.1, 0.15) is 53.4 Å². The van der Waals surface area contributed by atoms with Crippen LogP contribution in [0.2, 0.25) is 0 Å². The van der Waals surface area contributed by atoms with Gasteiger partial charge in [-0.1, -0.05) is 6.42 Å². The second-order valence-electron chi connectivity index (χ2n) is 9.37. The van der Waals surface area contributed by atoms with Crippen LogP contribution in [0.5, 0.6) is 0 Å². The predicted molar refractivity (Wildman–Crippen MR) is 119 cm³/mol. The normalized spacial score (nSPS) is 24.7. The molecule has 0 unspecified atom stereocenters. The summed E-state index contributed by atoms with van der Waals surface area (Å²) in [6, 6.07) is 0. The van der Waals surface area contributed by atoms with Crippen molar-refractivity contribution in [1.29, 1.82) is 0 Å². The first-order valence-electron chi connectivity index (χ1n) is 11.5. The predicted octanol–water partition coefficient (Wildman–Crippen LogP) is 1.35. The number of carbonyl (C=O) groups is 4. The second-order valence-corrected chi connectivity index (χ2v) is 9.37. The summed E-state index contributed by atoms with van der Waals surface area (Å²) < 4.78 is 33.8. The van der Waals surface area contributed by atoms with Gasteiger partial charge in [-0.15, -0.1) is 0 Å². The van der Waals surface area contributed by atoms with Gasteiger partial charge in [-0.25, -0.2) is 0 Å². The molecule has 1 heterocycles. The number of hydrogen-bond donors (Lipinski definition) is 0. The van der Waals surface area contributed by atoms with E-state index >= 15 is 0 Å². The van der Waals surface area contributed by atoms with Crippen LogP contribution >= 0.6 is 0 Å². The van der Waals surface area contributed by atoms with Gasteiger partial charge in [-0.2, -0.15) is 0 Å². The number of unbranched alkanes of at least 4 members (excludes halogenated alkanes) is 3. The molecule has 0 bridgehead atoms. The Kier molecular flexibility index (Phi) is 12.5. The second kappa shape index (κ2) is 14.2. The molecule has 1 fully saturated rings. The van der Waals surface area contributed by atoms with E-state index in [1.165, 1.54) is 27.7 Å². The zero-order valence-corrected chi connectivity index (χ0v) is 21.4. The van der Waals surface area contributed by atoms with E-state index in [0.717, 1.165) is 36.7 Å². The number of carbonyl (C=O) groups excluding carboxylic acids is 4. The van der Waals surface area contributed by atoms with Crippen molar-refractivity contribution in [2.45, 2.75) is 84.1 Å². The van der Waals surface area contributed by atoms with E-state index in [1.807, 2.05) is 0 Å². The van der Waals surface area contributed by atoms with E-state index in [1.54, 1.807) is 0 Å². The van der Waals surface area contributed by atoms with Crippen LogP contribution in [0, 0.1) is 0 Å². The zero-order chi connectivity index (χ0) is 25.9. The summed E-state index contributed by atoms with van der Waals surface area (Å²) in [5, 5.41) is 0. The van der Waals surface area contributed by atoms with Gasteiger partial charge < -0.3 is 32.9 Å². The van der Waals surface area contributed by atoms with Crippen molar-refractivity contribution in [2.24, 2.45) is 0 Å². The summed E-state index contributed by atoms with van der Waals surface area (Å²) in [4.78, 5) is 46.7. The molecule has 34 heavy (non-hydrogen) atoms. The first-order chi connectivity index (χ1) is 15.8. The summed E-state index contributed by atoms with van der Waals surface area (Å²) in [5.74, 6) is -2.57. The summed E-state index contributed by atoms with van der Waals surface area (Å²) in [6.07, 6.45) is -1.90.